The third kappa shape index (κ3) is 9.03. The van der Waals surface area contributed by atoms with E-state index in [1.165, 1.54) is 12.1 Å². The predicted molar refractivity (Wildman–Crippen MR) is 137 cm³/mol. The molecule has 0 fully saturated rings. The largest absolute Gasteiger partial charge is 0.466 e. The van der Waals surface area contributed by atoms with Crippen molar-refractivity contribution < 1.29 is 24.1 Å². The van der Waals surface area contributed by atoms with E-state index in [9.17, 15) is 19.4 Å². The number of benzene rings is 1. The second-order valence-electron chi connectivity index (χ2n) is 9.65. The molecule has 0 aliphatic carbocycles. The molecule has 2 N–H and O–H groups in total. The molecule has 0 aliphatic heterocycles. The number of carbonyl (C=O) groups excluding carboxylic acids is 1. The molecule has 0 aliphatic rings. The zero-order valence-corrected chi connectivity index (χ0v) is 21.5. The maximum atomic E-state index is 13.5. The van der Waals surface area contributed by atoms with Crippen LogP contribution in [0.4, 0.5) is 10.3 Å². The van der Waals surface area contributed by atoms with Crippen molar-refractivity contribution in [2.45, 2.75) is 65.1 Å². The lowest BCUT2D eigenvalue weighted by Crippen LogP contribution is -2.21. The fourth-order valence-corrected chi connectivity index (χ4v) is 3.41. The first-order valence-electron chi connectivity index (χ1n) is 12.0. The molecule has 0 saturated carbocycles. The first-order valence-corrected chi connectivity index (χ1v) is 12.0. The Labute approximate surface area is 207 Å². The number of anilines is 1. The number of halogens is 1. The van der Waals surface area contributed by atoms with Gasteiger partial charge in [-0.2, -0.15) is 0 Å². The summed E-state index contributed by atoms with van der Waals surface area (Å²) in [5.74, 6) is 0.175. The van der Waals surface area contributed by atoms with Gasteiger partial charge in [0.05, 0.1) is 36.6 Å². The van der Waals surface area contributed by atoms with E-state index in [2.05, 4.69) is 4.98 Å². The van der Waals surface area contributed by atoms with Crippen LogP contribution in [-0.2, 0) is 9.53 Å². The molecule has 2 atom stereocenters. The number of rotatable bonds is 12. The fourth-order valence-electron chi connectivity index (χ4n) is 3.41. The van der Waals surface area contributed by atoms with E-state index in [4.69, 9.17) is 9.72 Å². The number of esters is 1. The van der Waals surface area contributed by atoms with Crippen LogP contribution in [0.5, 0.6) is 0 Å². The van der Waals surface area contributed by atoms with Gasteiger partial charge in [-0.05, 0) is 42.5 Å². The van der Waals surface area contributed by atoms with Crippen molar-refractivity contribution >= 4 is 18.0 Å². The van der Waals surface area contributed by atoms with Gasteiger partial charge >= 0.3 is 5.97 Å². The Kier molecular flexibility index (Phi) is 10.8. The van der Waals surface area contributed by atoms with Crippen molar-refractivity contribution in [2.24, 2.45) is 5.92 Å². The Morgan fingerprint density at radius 1 is 1.11 bits per heavy atom. The van der Waals surface area contributed by atoms with E-state index in [1.807, 2.05) is 41.8 Å². The third-order valence-corrected chi connectivity index (χ3v) is 5.39. The third-order valence-electron chi connectivity index (χ3n) is 5.39. The standard InChI is InChI=1S/C27H38FN3O4/c1-17(2)13-14-35-24(34)16-22(33)15-21(32)11-12-23-25(18(3)4)29-27(31(5)6)30-26(23)19-7-9-20(28)10-8-19/h7-12,17-18,21-22,32-33H,13-16H2,1-6H3/t21-,22-/m1/s1. The Morgan fingerprint density at radius 2 is 1.77 bits per heavy atom. The van der Waals surface area contributed by atoms with Gasteiger partial charge in [-0.25, -0.2) is 14.4 Å². The average molecular weight is 488 g/mol. The van der Waals surface area contributed by atoms with Crippen LogP contribution < -0.4 is 4.90 Å². The van der Waals surface area contributed by atoms with Gasteiger partial charge in [0.25, 0.3) is 0 Å². The quantitative estimate of drug-likeness (QED) is 0.423. The van der Waals surface area contributed by atoms with Crippen molar-refractivity contribution in [3.8, 4) is 11.3 Å². The van der Waals surface area contributed by atoms with E-state index in [0.29, 0.717) is 29.7 Å². The van der Waals surface area contributed by atoms with E-state index in [-0.39, 0.29) is 24.6 Å². The fraction of sp³-hybridized carbons (Fsp3) is 0.519. The number of aliphatic hydroxyl groups excluding tert-OH is 2. The number of ether oxygens (including phenoxy) is 1. The minimum atomic E-state index is -1.03. The lowest BCUT2D eigenvalue weighted by atomic mass is 9.97. The summed E-state index contributed by atoms with van der Waals surface area (Å²) < 4.78 is 18.7. The smallest absolute Gasteiger partial charge is 0.308 e. The molecule has 1 heterocycles. The van der Waals surface area contributed by atoms with Gasteiger partial charge < -0.3 is 19.8 Å². The van der Waals surface area contributed by atoms with Crippen molar-refractivity contribution in [1.82, 2.24) is 9.97 Å². The van der Waals surface area contributed by atoms with Crippen LogP contribution in [0.1, 0.15) is 64.1 Å². The summed E-state index contributed by atoms with van der Waals surface area (Å²) >= 11 is 0. The molecular formula is C27H38FN3O4. The molecule has 35 heavy (non-hydrogen) atoms. The molecule has 1 aromatic carbocycles. The summed E-state index contributed by atoms with van der Waals surface area (Å²) in [5, 5.41) is 20.7. The summed E-state index contributed by atoms with van der Waals surface area (Å²) in [5.41, 5.74) is 2.82. The van der Waals surface area contributed by atoms with Crippen LogP contribution in [0.25, 0.3) is 17.3 Å². The van der Waals surface area contributed by atoms with Gasteiger partial charge in [0.15, 0.2) is 0 Å². The molecule has 1 aromatic heterocycles. The Morgan fingerprint density at radius 3 is 2.34 bits per heavy atom. The maximum absolute atomic E-state index is 13.5. The molecule has 192 valence electrons. The van der Waals surface area contributed by atoms with E-state index in [1.54, 1.807) is 29.2 Å². The summed E-state index contributed by atoms with van der Waals surface area (Å²) in [6.07, 6.45) is 1.82. The van der Waals surface area contributed by atoms with Gasteiger partial charge in [0, 0.05) is 31.6 Å². The van der Waals surface area contributed by atoms with Gasteiger partial charge in [0.1, 0.15) is 5.82 Å². The highest BCUT2D eigenvalue weighted by Crippen LogP contribution is 2.31. The van der Waals surface area contributed by atoms with Gasteiger partial charge in [-0.15, -0.1) is 0 Å². The second kappa shape index (κ2) is 13.3. The molecule has 0 amide bonds. The average Bonchev–Trinajstić information content (AvgIpc) is 2.77. The van der Waals surface area contributed by atoms with Gasteiger partial charge in [-0.1, -0.05) is 39.8 Å². The van der Waals surface area contributed by atoms with Gasteiger partial charge in [-0.3, -0.25) is 4.79 Å². The van der Waals surface area contributed by atoms with Crippen LogP contribution in [0.3, 0.4) is 0 Å². The van der Waals surface area contributed by atoms with Crippen LogP contribution in [-0.4, -0.2) is 59.1 Å². The highest BCUT2D eigenvalue weighted by Gasteiger charge is 2.19. The Bertz CT molecular complexity index is 991. The molecule has 2 rings (SSSR count). The number of hydrogen-bond donors (Lipinski definition) is 2. The molecule has 0 saturated heterocycles. The zero-order chi connectivity index (χ0) is 26.1. The molecule has 8 heteroatoms. The second-order valence-corrected chi connectivity index (χ2v) is 9.65. The number of aromatic nitrogens is 2. The van der Waals surface area contributed by atoms with Crippen molar-refractivity contribution in [3.63, 3.8) is 0 Å². The summed E-state index contributed by atoms with van der Waals surface area (Å²) in [7, 11) is 3.70. The Balaban J connectivity index is 2.24. The van der Waals surface area contributed by atoms with Crippen LogP contribution in [0.15, 0.2) is 30.3 Å². The first-order chi connectivity index (χ1) is 16.5. The van der Waals surface area contributed by atoms with Gasteiger partial charge in [0.2, 0.25) is 5.95 Å². The van der Waals surface area contributed by atoms with Crippen molar-refractivity contribution in [1.29, 1.82) is 0 Å². The number of nitrogens with zero attached hydrogens (tertiary/aromatic N) is 3. The number of hydrogen-bond acceptors (Lipinski definition) is 7. The topological polar surface area (TPSA) is 95.8 Å². The van der Waals surface area contributed by atoms with Crippen molar-refractivity contribution in [3.05, 3.63) is 47.4 Å². The first kappa shape index (κ1) is 28.4. The zero-order valence-electron chi connectivity index (χ0n) is 21.5. The Hall–Kier alpha value is -2.84. The molecule has 2 aromatic rings. The minimum Gasteiger partial charge on any atom is -0.466 e. The van der Waals surface area contributed by atoms with Crippen LogP contribution in [0.2, 0.25) is 0 Å². The highest BCUT2D eigenvalue weighted by molar-refractivity contribution is 5.75. The maximum Gasteiger partial charge on any atom is 0.308 e. The summed E-state index contributed by atoms with van der Waals surface area (Å²) in [6, 6.07) is 6.06. The normalized spacial score (nSPS) is 13.5. The SMILES string of the molecule is CC(C)CCOC(=O)C[C@H](O)C[C@H](O)C=Cc1c(-c2ccc(F)cc2)nc(N(C)C)nc1C(C)C. The number of aliphatic hydroxyl groups is 2. The summed E-state index contributed by atoms with van der Waals surface area (Å²) in [4.78, 5) is 23.1. The van der Waals surface area contributed by atoms with Crippen LogP contribution in [0, 0.1) is 11.7 Å². The van der Waals surface area contributed by atoms with E-state index in [0.717, 1.165) is 17.7 Å². The molecule has 0 spiro atoms. The molecule has 0 radical (unpaired) electrons. The predicted octanol–water partition coefficient (Wildman–Crippen LogP) is 4.58. The lowest BCUT2D eigenvalue weighted by molar-refractivity contribution is -0.146. The molecule has 7 nitrogen and oxygen atoms in total. The molecule has 0 bridgehead atoms. The number of carbonyl (C=O) groups is 1. The highest BCUT2D eigenvalue weighted by atomic mass is 19.1. The van der Waals surface area contributed by atoms with E-state index >= 15 is 0 Å². The monoisotopic (exact) mass is 487 g/mol. The molecular weight excluding hydrogens is 449 g/mol. The minimum absolute atomic E-state index is 0.0185. The van der Waals surface area contributed by atoms with E-state index < -0.39 is 18.2 Å². The summed E-state index contributed by atoms with van der Waals surface area (Å²) in [6.45, 7) is 8.42. The molecule has 0 unspecified atom stereocenters. The lowest BCUT2D eigenvalue weighted by Gasteiger charge is -2.19. The van der Waals surface area contributed by atoms with Crippen molar-refractivity contribution in [2.75, 3.05) is 25.6 Å². The van der Waals surface area contributed by atoms with Crippen LogP contribution >= 0.6 is 0 Å².